The van der Waals surface area contributed by atoms with Crippen LogP contribution in [0.4, 0.5) is 0 Å². The molecule has 4 atom stereocenters. The molecule has 2 aliphatic carbocycles. The molecule has 2 saturated carbocycles. The molecule has 0 aromatic carbocycles. The second-order valence-corrected chi connectivity index (χ2v) is 6.86. The van der Waals surface area contributed by atoms with Crippen LogP contribution in [-0.2, 0) is 14.3 Å². The predicted molar refractivity (Wildman–Crippen MR) is 101 cm³/mol. The summed E-state index contributed by atoms with van der Waals surface area (Å²) in [5.74, 6) is 2.09. The summed E-state index contributed by atoms with van der Waals surface area (Å²) in [6, 6.07) is 0. The van der Waals surface area contributed by atoms with E-state index in [1.54, 1.807) is 13.8 Å². The van der Waals surface area contributed by atoms with Gasteiger partial charge in [-0.1, -0.05) is 46.3 Å². The minimum Gasteiger partial charge on any atom is -0.469 e. The van der Waals surface area contributed by atoms with Crippen molar-refractivity contribution < 1.29 is 14.3 Å². The molecule has 3 nitrogen and oxygen atoms in total. The molecule has 0 spiro atoms. The Labute approximate surface area is 149 Å². The second-order valence-electron chi connectivity index (χ2n) is 6.86. The van der Waals surface area contributed by atoms with E-state index in [2.05, 4.69) is 30.7 Å². The normalized spacial score (nSPS) is 31.2. The van der Waals surface area contributed by atoms with Crippen LogP contribution in [0.25, 0.3) is 0 Å². The van der Waals surface area contributed by atoms with Crippen molar-refractivity contribution in [2.45, 2.75) is 80.1 Å². The van der Waals surface area contributed by atoms with Gasteiger partial charge in [0.1, 0.15) is 5.78 Å². The number of esters is 1. The van der Waals surface area contributed by atoms with Gasteiger partial charge in [-0.25, -0.2) is 0 Å². The standard InChI is InChI=1S/C15H24O.C4H8O2.C2H6/c1-4-6-12-7-5-10-15(3)13(11(2)16)8-9-14(12)15;1-3-4(5)6-2;1-2/h4,6,12-14H,5,7-10H2,1-3H3;3H2,1-2H3;1-2H3/b6-4+;;/t12-,13-,14?,15-;;/m1../s1. The minimum atomic E-state index is -0.157. The van der Waals surface area contributed by atoms with Crippen LogP contribution in [0.5, 0.6) is 0 Å². The lowest BCUT2D eigenvalue weighted by Gasteiger charge is -2.43. The lowest BCUT2D eigenvalue weighted by Crippen LogP contribution is -2.38. The van der Waals surface area contributed by atoms with E-state index in [1.807, 2.05) is 13.8 Å². The Morgan fingerprint density at radius 3 is 2.25 bits per heavy atom. The van der Waals surface area contributed by atoms with Crippen LogP contribution in [-0.4, -0.2) is 18.9 Å². The van der Waals surface area contributed by atoms with Crippen molar-refractivity contribution in [3.63, 3.8) is 0 Å². The Hall–Kier alpha value is -1.12. The van der Waals surface area contributed by atoms with E-state index in [9.17, 15) is 9.59 Å². The van der Waals surface area contributed by atoms with Gasteiger partial charge in [-0.3, -0.25) is 9.59 Å². The highest BCUT2D eigenvalue weighted by Crippen LogP contribution is 2.57. The van der Waals surface area contributed by atoms with Crippen LogP contribution in [0.3, 0.4) is 0 Å². The largest absolute Gasteiger partial charge is 0.469 e. The first-order valence-corrected chi connectivity index (χ1v) is 9.60. The summed E-state index contributed by atoms with van der Waals surface area (Å²) < 4.78 is 4.26. The molecule has 0 N–H and O–H groups in total. The number of carbonyl (C=O) groups is 2. The number of rotatable bonds is 3. The van der Waals surface area contributed by atoms with Gasteiger partial charge in [0, 0.05) is 12.3 Å². The number of hydrogen-bond acceptors (Lipinski definition) is 3. The number of Topliss-reactive ketones (excluding diaryl/α,β-unsaturated/α-hetero) is 1. The third kappa shape index (κ3) is 5.75. The quantitative estimate of drug-likeness (QED) is 0.498. The summed E-state index contributed by atoms with van der Waals surface area (Å²) in [6.07, 6.45) is 11.3. The van der Waals surface area contributed by atoms with Crippen LogP contribution >= 0.6 is 0 Å². The van der Waals surface area contributed by atoms with Crippen molar-refractivity contribution in [2.24, 2.45) is 23.2 Å². The summed E-state index contributed by atoms with van der Waals surface area (Å²) in [7, 11) is 1.38. The average Bonchev–Trinajstić information content (AvgIpc) is 2.95. The Morgan fingerprint density at radius 1 is 1.21 bits per heavy atom. The van der Waals surface area contributed by atoms with E-state index in [0.29, 0.717) is 23.5 Å². The summed E-state index contributed by atoms with van der Waals surface area (Å²) in [4.78, 5) is 21.7. The monoisotopic (exact) mass is 338 g/mol. The van der Waals surface area contributed by atoms with E-state index in [-0.39, 0.29) is 5.97 Å². The third-order valence-electron chi connectivity index (χ3n) is 5.63. The molecular formula is C21H38O3. The molecule has 0 bridgehead atoms. The van der Waals surface area contributed by atoms with Crippen LogP contribution in [0, 0.1) is 23.2 Å². The maximum atomic E-state index is 11.8. The van der Waals surface area contributed by atoms with Gasteiger partial charge >= 0.3 is 5.97 Å². The highest BCUT2D eigenvalue weighted by atomic mass is 16.5. The Kier molecular flexibility index (Phi) is 10.9. The summed E-state index contributed by atoms with van der Waals surface area (Å²) in [5.41, 5.74) is 0.300. The molecule has 0 saturated heterocycles. The number of fused-ring (bicyclic) bond motifs is 1. The van der Waals surface area contributed by atoms with Gasteiger partial charge in [-0.15, -0.1) is 0 Å². The molecule has 0 aromatic rings. The molecule has 2 aliphatic rings. The number of ketones is 1. The van der Waals surface area contributed by atoms with Crippen molar-refractivity contribution in [2.75, 3.05) is 7.11 Å². The van der Waals surface area contributed by atoms with Crippen LogP contribution in [0.2, 0.25) is 0 Å². The van der Waals surface area contributed by atoms with E-state index >= 15 is 0 Å². The number of ether oxygens (including phenoxy) is 1. The molecule has 0 radical (unpaired) electrons. The molecule has 3 heteroatoms. The van der Waals surface area contributed by atoms with E-state index in [4.69, 9.17) is 0 Å². The van der Waals surface area contributed by atoms with Crippen molar-refractivity contribution in [1.29, 1.82) is 0 Å². The number of hydrogen-bond donors (Lipinski definition) is 0. The molecular weight excluding hydrogens is 300 g/mol. The van der Waals surface area contributed by atoms with Crippen LogP contribution in [0.1, 0.15) is 80.1 Å². The van der Waals surface area contributed by atoms with Crippen LogP contribution in [0.15, 0.2) is 12.2 Å². The number of methoxy groups -OCH3 is 1. The van der Waals surface area contributed by atoms with E-state index < -0.39 is 0 Å². The maximum absolute atomic E-state index is 11.8. The predicted octanol–water partition coefficient (Wildman–Crippen LogP) is 5.58. The van der Waals surface area contributed by atoms with Gasteiger partial charge in [0.15, 0.2) is 0 Å². The fraction of sp³-hybridized carbons (Fsp3) is 0.810. The van der Waals surface area contributed by atoms with Crippen molar-refractivity contribution in [3.8, 4) is 0 Å². The van der Waals surface area contributed by atoms with E-state index in [1.165, 1.54) is 32.8 Å². The smallest absolute Gasteiger partial charge is 0.305 e. The Bertz CT molecular complexity index is 407. The molecule has 1 unspecified atom stereocenters. The fourth-order valence-corrected chi connectivity index (χ4v) is 4.54. The first kappa shape index (κ1) is 22.9. The van der Waals surface area contributed by atoms with Crippen LogP contribution < -0.4 is 0 Å². The molecule has 140 valence electrons. The molecule has 0 heterocycles. The SMILES string of the molecule is C/C=C/[C@@H]1CCC[C@@]2(C)C1CC[C@@H]2C(C)=O.CC.CCC(=O)OC. The molecule has 24 heavy (non-hydrogen) atoms. The zero-order valence-corrected chi connectivity index (χ0v) is 16.9. The van der Waals surface area contributed by atoms with Gasteiger partial charge in [-0.05, 0) is 56.8 Å². The summed E-state index contributed by atoms with van der Waals surface area (Å²) in [5, 5.41) is 0. The highest BCUT2D eigenvalue weighted by molar-refractivity contribution is 5.79. The Morgan fingerprint density at radius 2 is 1.83 bits per heavy atom. The van der Waals surface area contributed by atoms with Crippen molar-refractivity contribution >= 4 is 11.8 Å². The lowest BCUT2D eigenvalue weighted by atomic mass is 9.61. The number of allylic oxidation sites excluding steroid dienone is 2. The lowest BCUT2D eigenvalue weighted by molar-refractivity contribution is -0.140. The van der Waals surface area contributed by atoms with Crippen molar-refractivity contribution in [1.82, 2.24) is 0 Å². The summed E-state index contributed by atoms with van der Waals surface area (Å²) in [6.45, 7) is 12.0. The number of carbonyl (C=O) groups excluding carboxylic acids is 2. The zero-order chi connectivity index (χ0) is 18.8. The van der Waals surface area contributed by atoms with Crippen molar-refractivity contribution in [3.05, 3.63) is 12.2 Å². The second kappa shape index (κ2) is 11.4. The molecule has 2 rings (SSSR count). The van der Waals surface area contributed by atoms with E-state index in [0.717, 1.165) is 18.3 Å². The van der Waals surface area contributed by atoms with Gasteiger partial charge in [0.05, 0.1) is 7.11 Å². The third-order valence-corrected chi connectivity index (χ3v) is 5.63. The topological polar surface area (TPSA) is 43.4 Å². The van der Waals surface area contributed by atoms with Gasteiger partial charge in [-0.2, -0.15) is 0 Å². The fourth-order valence-electron chi connectivity index (χ4n) is 4.54. The first-order chi connectivity index (χ1) is 11.4. The minimum absolute atomic E-state index is 0.157. The van der Waals surface area contributed by atoms with Gasteiger partial charge < -0.3 is 4.74 Å². The highest BCUT2D eigenvalue weighted by Gasteiger charge is 2.51. The average molecular weight is 339 g/mol. The zero-order valence-electron chi connectivity index (χ0n) is 16.9. The van der Waals surface area contributed by atoms with Gasteiger partial charge in [0.2, 0.25) is 0 Å². The molecule has 2 fully saturated rings. The maximum Gasteiger partial charge on any atom is 0.305 e. The first-order valence-electron chi connectivity index (χ1n) is 9.60. The molecule has 0 aromatic heterocycles. The van der Waals surface area contributed by atoms with Gasteiger partial charge in [0.25, 0.3) is 0 Å². The molecule has 0 aliphatic heterocycles. The molecule has 0 amide bonds. The Balaban J connectivity index is 0.000000563. The summed E-state index contributed by atoms with van der Waals surface area (Å²) >= 11 is 0.